The van der Waals surface area contributed by atoms with Gasteiger partial charge in [0.15, 0.2) is 23.9 Å². The number of aryl methyl sites for hydroxylation is 1. The van der Waals surface area contributed by atoms with Crippen LogP contribution < -0.4 is 14.9 Å². The van der Waals surface area contributed by atoms with Crippen LogP contribution in [0.3, 0.4) is 0 Å². The summed E-state index contributed by atoms with van der Waals surface area (Å²) in [6.07, 6.45) is 1.35. The number of carbonyl (C=O) groups excluding carboxylic acids is 1. The van der Waals surface area contributed by atoms with E-state index in [1.165, 1.54) is 7.11 Å². The molecule has 0 saturated heterocycles. The van der Waals surface area contributed by atoms with E-state index in [0.29, 0.717) is 35.1 Å². The molecule has 9 nitrogen and oxygen atoms in total. The van der Waals surface area contributed by atoms with Gasteiger partial charge in [-0.2, -0.15) is 10.4 Å². The highest BCUT2D eigenvalue weighted by Gasteiger charge is 2.12. The number of hydrogen-bond donors (Lipinski definition) is 1. The van der Waals surface area contributed by atoms with Crippen molar-refractivity contribution in [2.24, 2.45) is 5.10 Å². The molecule has 2 aromatic rings. The SMILES string of the molecule is COCc1cc(C)nc(N/N=C/c2ccc(OCC(=O)OC(C)C)c(OC)c2)c1C#N. The van der Waals surface area contributed by atoms with Crippen molar-refractivity contribution < 1.29 is 23.7 Å². The second kappa shape index (κ2) is 11.5. The summed E-state index contributed by atoms with van der Waals surface area (Å²) in [6.45, 7) is 5.45. The van der Waals surface area contributed by atoms with Gasteiger partial charge in [0.1, 0.15) is 11.6 Å². The molecule has 0 bridgehead atoms. The van der Waals surface area contributed by atoms with Crippen molar-refractivity contribution in [3.05, 3.63) is 46.6 Å². The number of ether oxygens (including phenoxy) is 4. The van der Waals surface area contributed by atoms with Crippen LogP contribution in [-0.2, 0) is 20.9 Å². The largest absolute Gasteiger partial charge is 0.493 e. The Balaban J connectivity index is 2.12. The predicted molar refractivity (Wildman–Crippen MR) is 115 cm³/mol. The number of anilines is 1. The molecule has 0 amide bonds. The van der Waals surface area contributed by atoms with Gasteiger partial charge < -0.3 is 18.9 Å². The normalized spacial score (nSPS) is 10.7. The third kappa shape index (κ3) is 6.97. The molecule has 0 saturated carbocycles. The first-order chi connectivity index (χ1) is 14.9. The molecule has 2 rings (SSSR count). The zero-order valence-corrected chi connectivity index (χ0v) is 18.3. The van der Waals surface area contributed by atoms with Crippen LogP contribution in [0.1, 0.15) is 36.2 Å². The van der Waals surface area contributed by atoms with Gasteiger partial charge in [-0.1, -0.05) is 0 Å². The van der Waals surface area contributed by atoms with Crippen molar-refractivity contribution in [2.45, 2.75) is 33.5 Å². The molecule has 1 aromatic carbocycles. The van der Waals surface area contributed by atoms with Gasteiger partial charge in [-0.3, -0.25) is 5.43 Å². The van der Waals surface area contributed by atoms with E-state index in [0.717, 1.165) is 11.3 Å². The van der Waals surface area contributed by atoms with Gasteiger partial charge in [-0.15, -0.1) is 0 Å². The van der Waals surface area contributed by atoms with Crippen molar-refractivity contribution in [1.82, 2.24) is 4.98 Å². The molecule has 0 fully saturated rings. The van der Waals surface area contributed by atoms with E-state index in [2.05, 4.69) is 21.6 Å². The van der Waals surface area contributed by atoms with Crippen molar-refractivity contribution in [3.63, 3.8) is 0 Å². The summed E-state index contributed by atoms with van der Waals surface area (Å²) in [4.78, 5) is 16.0. The molecule has 1 heterocycles. The minimum absolute atomic E-state index is 0.209. The second-order valence-electron chi connectivity index (χ2n) is 6.80. The molecule has 0 atom stereocenters. The van der Waals surface area contributed by atoms with Gasteiger partial charge in [0.05, 0.1) is 26.0 Å². The second-order valence-corrected chi connectivity index (χ2v) is 6.80. The molecule has 1 aromatic heterocycles. The Morgan fingerprint density at radius 3 is 2.71 bits per heavy atom. The standard InChI is InChI=1S/C22H26N4O5/c1-14(2)31-21(27)13-30-19-7-6-16(9-20(19)29-5)11-24-26-22-18(10-23)17(12-28-4)8-15(3)25-22/h6-9,11,14H,12-13H2,1-5H3,(H,25,26)/b24-11+. The van der Waals surface area contributed by atoms with E-state index in [-0.39, 0.29) is 12.7 Å². The van der Waals surface area contributed by atoms with Crippen molar-refractivity contribution in [2.75, 3.05) is 26.3 Å². The monoisotopic (exact) mass is 426 g/mol. The van der Waals surface area contributed by atoms with Gasteiger partial charge in [0.25, 0.3) is 0 Å². The number of esters is 1. The lowest BCUT2D eigenvalue weighted by molar-refractivity contribution is -0.149. The van der Waals surface area contributed by atoms with Gasteiger partial charge in [0, 0.05) is 18.4 Å². The first-order valence-electron chi connectivity index (χ1n) is 9.56. The van der Waals surface area contributed by atoms with Crippen LogP contribution in [0.15, 0.2) is 29.4 Å². The minimum Gasteiger partial charge on any atom is -0.493 e. The lowest BCUT2D eigenvalue weighted by atomic mass is 10.1. The van der Waals surface area contributed by atoms with Crippen molar-refractivity contribution in [1.29, 1.82) is 5.26 Å². The lowest BCUT2D eigenvalue weighted by Crippen LogP contribution is -2.18. The van der Waals surface area contributed by atoms with E-state index >= 15 is 0 Å². The summed E-state index contributed by atoms with van der Waals surface area (Å²) in [5.41, 5.74) is 5.37. The quantitative estimate of drug-likeness (QED) is 0.350. The molecule has 31 heavy (non-hydrogen) atoms. The van der Waals surface area contributed by atoms with E-state index in [4.69, 9.17) is 18.9 Å². The average Bonchev–Trinajstić information content (AvgIpc) is 2.72. The summed E-state index contributed by atoms with van der Waals surface area (Å²) in [5, 5.41) is 13.6. The molecular formula is C22H26N4O5. The van der Waals surface area contributed by atoms with E-state index in [1.54, 1.807) is 51.4 Å². The van der Waals surface area contributed by atoms with Gasteiger partial charge >= 0.3 is 5.97 Å². The van der Waals surface area contributed by atoms with E-state index in [9.17, 15) is 10.1 Å². The number of nitrogens with zero attached hydrogens (tertiary/aromatic N) is 3. The number of pyridine rings is 1. The van der Waals surface area contributed by atoms with Gasteiger partial charge in [-0.25, -0.2) is 9.78 Å². The molecule has 1 N–H and O–H groups in total. The number of benzene rings is 1. The van der Waals surface area contributed by atoms with Crippen LogP contribution >= 0.6 is 0 Å². The average molecular weight is 426 g/mol. The van der Waals surface area contributed by atoms with Crippen LogP contribution in [0.4, 0.5) is 5.82 Å². The Hall–Kier alpha value is -3.64. The summed E-state index contributed by atoms with van der Waals surface area (Å²) >= 11 is 0. The number of hydrogen-bond acceptors (Lipinski definition) is 9. The molecule has 0 unspecified atom stereocenters. The number of aromatic nitrogens is 1. The third-order valence-electron chi connectivity index (χ3n) is 3.93. The fraction of sp³-hybridized carbons (Fsp3) is 0.364. The number of rotatable bonds is 10. The molecular weight excluding hydrogens is 400 g/mol. The maximum atomic E-state index is 11.7. The molecule has 0 aliphatic carbocycles. The summed E-state index contributed by atoms with van der Waals surface area (Å²) in [5.74, 6) is 0.736. The Kier molecular flexibility index (Phi) is 8.78. The highest BCUT2D eigenvalue weighted by Crippen LogP contribution is 2.27. The zero-order valence-electron chi connectivity index (χ0n) is 18.3. The van der Waals surface area contributed by atoms with Gasteiger partial charge in [0.2, 0.25) is 0 Å². The topological polar surface area (TPSA) is 115 Å². The number of hydrazone groups is 1. The van der Waals surface area contributed by atoms with E-state index in [1.807, 2.05) is 6.92 Å². The van der Waals surface area contributed by atoms with Crippen LogP contribution in [0.2, 0.25) is 0 Å². The summed E-state index contributed by atoms with van der Waals surface area (Å²) < 4.78 is 21.0. The van der Waals surface area contributed by atoms with Crippen LogP contribution in [-0.4, -0.2) is 44.1 Å². The first-order valence-corrected chi connectivity index (χ1v) is 9.56. The van der Waals surface area contributed by atoms with Crippen LogP contribution in [0, 0.1) is 18.3 Å². The first kappa shape index (κ1) is 23.6. The maximum Gasteiger partial charge on any atom is 0.344 e. The highest BCUT2D eigenvalue weighted by atomic mass is 16.6. The molecule has 9 heteroatoms. The van der Waals surface area contributed by atoms with E-state index < -0.39 is 5.97 Å². The maximum absolute atomic E-state index is 11.7. The minimum atomic E-state index is -0.460. The molecule has 0 spiro atoms. The zero-order chi connectivity index (χ0) is 22.8. The summed E-state index contributed by atoms with van der Waals surface area (Å²) in [7, 11) is 3.07. The van der Waals surface area contributed by atoms with Crippen LogP contribution in [0.25, 0.3) is 0 Å². The molecule has 0 aliphatic heterocycles. The molecule has 164 valence electrons. The number of nitriles is 1. The highest BCUT2D eigenvalue weighted by molar-refractivity contribution is 5.81. The number of methoxy groups -OCH3 is 2. The number of nitrogens with one attached hydrogen (secondary N) is 1. The molecule has 0 aliphatic rings. The third-order valence-corrected chi connectivity index (χ3v) is 3.93. The molecule has 0 radical (unpaired) electrons. The van der Waals surface area contributed by atoms with Gasteiger partial charge in [-0.05, 0) is 50.6 Å². The number of carbonyl (C=O) groups is 1. The Labute approximate surface area is 181 Å². The summed E-state index contributed by atoms with van der Waals surface area (Å²) in [6, 6.07) is 9.07. The Bertz CT molecular complexity index is 983. The van der Waals surface area contributed by atoms with Crippen LogP contribution in [0.5, 0.6) is 11.5 Å². The predicted octanol–water partition coefficient (Wildman–Crippen LogP) is 3.19. The lowest BCUT2D eigenvalue weighted by Gasteiger charge is -2.12. The Morgan fingerprint density at radius 2 is 2.06 bits per heavy atom. The van der Waals surface area contributed by atoms with Crippen molar-refractivity contribution >= 4 is 18.0 Å². The van der Waals surface area contributed by atoms with Crippen molar-refractivity contribution in [3.8, 4) is 17.6 Å². The fourth-order valence-electron chi connectivity index (χ4n) is 2.70. The smallest absolute Gasteiger partial charge is 0.344 e. The Morgan fingerprint density at radius 1 is 1.29 bits per heavy atom. The fourth-order valence-corrected chi connectivity index (χ4v) is 2.70.